The summed E-state index contributed by atoms with van der Waals surface area (Å²) in [5, 5.41) is 8.76. The summed E-state index contributed by atoms with van der Waals surface area (Å²) in [4.78, 5) is 35.4. The number of fused-ring (bicyclic) bond motifs is 1. The molecule has 3 N–H and O–H groups in total. The van der Waals surface area contributed by atoms with E-state index in [2.05, 4.69) is 16.0 Å². The van der Waals surface area contributed by atoms with Gasteiger partial charge in [-0.3, -0.25) is 9.59 Å². The Bertz CT molecular complexity index is 1190. The number of hydrogen-bond donors (Lipinski definition) is 3. The van der Waals surface area contributed by atoms with Gasteiger partial charge in [-0.05, 0) is 42.0 Å². The molecule has 0 spiro atoms. The van der Waals surface area contributed by atoms with Crippen LogP contribution in [0.2, 0.25) is 0 Å². The normalized spacial score (nSPS) is 13.6. The number of esters is 1. The van der Waals surface area contributed by atoms with Gasteiger partial charge in [0.1, 0.15) is 0 Å². The number of amides is 2. The van der Waals surface area contributed by atoms with Gasteiger partial charge in [0.2, 0.25) is 6.41 Å². The molecule has 7 heteroatoms. The zero-order chi connectivity index (χ0) is 21.8. The molecule has 0 aromatic heterocycles. The summed E-state index contributed by atoms with van der Waals surface area (Å²) in [6.07, 6.45) is 0.613. The highest BCUT2D eigenvalue weighted by Crippen LogP contribution is 2.38. The molecule has 31 heavy (non-hydrogen) atoms. The van der Waals surface area contributed by atoms with E-state index in [1.54, 1.807) is 30.3 Å². The highest BCUT2D eigenvalue weighted by molar-refractivity contribution is 6.37. The fourth-order valence-electron chi connectivity index (χ4n) is 3.41. The smallest absolute Gasteiger partial charge is 0.337 e. The van der Waals surface area contributed by atoms with E-state index in [1.807, 2.05) is 42.5 Å². The molecule has 0 aliphatic carbocycles. The molecule has 1 aliphatic heterocycles. The molecule has 1 aliphatic rings. The maximum absolute atomic E-state index is 13.0. The molecule has 0 atom stereocenters. The zero-order valence-corrected chi connectivity index (χ0v) is 16.6. The monoisotopic (exact) mass is 413 g/mol. The summed E-state index contributed by atoms with van der Waals surface area (Å²) < 4.78 is 4.77. The second-order valence-electron chi connectivity index (χ2n) is 6.79. The van der Waals surface area contributed by atoms with E-state index in [0.29, 0.717) is 40.2 Å². The molecular formula is C24H19N3O4. The van der Waals surface area contributed by atoms with Crippen LogP contribution in [0.3, 0.4) is 0 Å². The topological polar surface area (TPSA) is 96.5 Å². The molecule has 0 unspecified atom stereocenters. The first-order valence-electron chi connectivity index (χ1n) is 9.52. The van der Waals surface area contributed by atoms with E-state index in [0.717, 1.165) is 11.3 Å². The Kier molecular flexibility index (Phi) is 5.49. The molecule has 3 aromatic rings. The van der Waals surface area contributed by atoms with Crippen molar-refractivity contribution in [2.45, 2.75) is 0 Å². The third-order valence-electron chi connectivity index (χ3n) is 4.88. The van der Waals surface area contributed by atoms with Crippen LogP contribution in [0.4, 0.5) is 17.1 Å². The molecule has 0 radical (unpaired) electrons. The van der Waals surface area contributed by atoms with Gasteiger partial charge in [0.15, 0.2) is 0 Å². The van der Waals surface area contributed by atoms with Crippen molar-refractivity contribution in [2.75, 3.05) is 23.1 Å². The molecule has 0 saturated heterocycles. The Morgan fingerprint density at radius 1 is 0.935 bits per heavy atom. The van der Waals surface area contributed by atoms with E-state index >= 15 is 0 Å². The lowest BCUT2D eigenvalue weighted by Gasteiger charge is -2.15. The third-order valence-corrected chi connectivity index (χ3v) is 4.88. The van der Waals surface area contributed by atoms with Crippen LogP contribution in [0.25, 0.3) is 11.3 Å². The van der Waals surface area contributed by atoms with Crippen molar-refractivity contribution in [3.63, 3.8) is 0 Å². The standard InChI is InChI=1S/C24H19N3O4/c1-31-24(30)16-7-12-19-20(13-16)27-23(29)21(19)22(15-5-3-2-4-6-15)26-18-10-8-17(9-11-18)25-14-28/h2-14,26H,1H3,(H,25,28)(H,27,29)/b22-21-. The Hall–Kier alpha value is -4.39. The number of nitrogens with one attached hydrogen (secondary N) is 3. The Balaban J connectivity index is 1.81. The Morgan fingerprint density at radius 2 is 1.65 bits per heavy atom. The van der Waals surface area contributed by atoms with Gasteiger partial charge in [0, 0.05) is 16.9 Å². The van der Waals surface area contributed by atoms with Crippen molar-refractivity contribution in [1.29, 1.82) is 0 Å². The van der Waals surface area contributed by atoms with Crippen LogP contribution in [0, 0.1) is 0 Å². The predicted octanol–water partition coefficient (Wildman–Crippen LogP) is 3.97. The average Bonchev–Trinajstić information content (AvgIpc) is 3.13. The molecule has 4 rings (SSSR count). The number of ether oxygens (including phenoxy) is 1. The van der Waals surface area contributed by atoms with Crippen molar-refractivity contribution in [1.82, 2.24) is 0 Å². The van der Waals surface area contributed by atoms with Crippen molar-refractivity contribution >= 4 is 46.6 Å². The molecule has 3 aromatic carbocycles. The summed E-state index contributed by atoms with van der Waals surface area (Å²) in [6, 6.07) is 21.6. The van der Waals surface area contributed by atoms with Gasteiger partial charge in [-0.1, -0.05) is 36.4 Å². The number of carbonyl (C=O) groups excluding carboxylic acids is 3. The second-order valence-corrected chi connectivity index (χ2v) is 6.79. The molecule has 0 saturated carbocycles. The second kappa shape index (κ2) is 8.54. The molecule has 7 nitrogen and oxygen atoms in total. The van der Waals surface area contributed by atoms with Gasteiger partial charge in [-0.2, -0.15) is 0 Å². The van der Waals surface area contributed by atoms with Gasteiger partial charge in [-0.25, -0.2) is 4.79 Å². The summed E-state index contributed by atoms with van der Waals surface area (Å²) in [5.74, 6) is -0.748. The van der Waals surface area contributed by atoms with Crippen LogP contribution < -0.4 is 16.0 Å². The first-order valence-corrected chi connectivity index (χ1v) is 9.52. The first-order chi connectivity index (χ1) is 15.1. The number of carbonyl (C=O) groups is 3. The summed E-state index contributed by atoms with van der Waals surface area (Å²) in [6.45, 7) is 0. The first kappa shape index (κ1) is 19.9. The fraction of sp³-hybridized carbons (Fsp3) is 0.0417. The van der Waals surface area contributed by atoms with Gasteiger partial charge in [0.05, 0.1) is 29.6 Å². The van der Waals surface area contributed by atoms with Crippen molar-refractivity contribution < 1.29 is 19.1 Å². The minimum Gasteiger partial charge on any atom is -0.465 e. The highest BCUT2D eigenvalue weighted by Gasteiger charge is 2.29. The molecule has 154 valence electrons. The van der Waals surface area contributed by atoms with Crippen LogP contribution >= 0.6 is 0 Å². The van der Waals surface area contributed by atoms with E-state index in [4.69, 9.17) is 4.74 Å². The van der Waals surface area contributed by atoms with Crippen LogP contribution in [0.5, 0.6) is 0 Å². The number of hydrogen-bond acceptors (Lipinski definition) is 5. The predicted molar refractivity (Wildman–Crippen MR) is 119 cm³/mol. The maximum Gasteiger partial charge on any atom is 0.337 e. The van der Waals surface area contributed by atoms with Gasteiger partial charge >= 0.3 is 5.97 Å². The Labute approximate surface area is 178 Å². The van der Waals surface area contributed by atoms with Crippen LogP contribution in [-0.2, 0) is 14.3 Å². The van der Waals surface area contributed by atoms with Crippen molar-refractivity contribution in [3.8, 4) is 0 Å². The van der Waals surface area contributed by atoms with E-state index < -0.39 is 5.97 Å². The molecule has 0 fully saturated rings. The van der Waals surface area contributed by atoms with Gasteiger partial charge in [-0.15, -0.1) is 0 Å². The highest BCUT2D eigenvalue weighted by atomic mass is 16.5. The van der Waals surface area contributed by atoms with Crippen LogP contribution in [0.15, 0.2) is 72.8 Å². The van der Waals surface area contributed by atoms with E-state index in [1.165, 1.54) is 7.11 Å². The molecule has 2 amide bonds. The van der Waals surface area contributed by atoms with Crippen molar-refractivity contribution in [3.05, 3.63) is 89.5 Å². The summed E-state index contributed by atoms with van der Waals surface area (Å²) in [7, 11) is 1.31. The SMILES string of the molecule is COC(=O)c1ccc2c(c1)NC(=O)/C2=C(\Nc1ccc(NC=O)cc1)c1ccccc1. The lowest BCUT2D eigenvalue weighted by molar-refractivity contribution is -0.110. The summed E-state index contributed by atoms with van der Waals surface area (Å²) in [5.41, 5.74) is 4.91. The number of anilines is 3. The van der Waals surface area contributed by atoms with Crippen molar-refractivity contribution in [2.24, 2.45) is 0 Å². The van der Waals surface area contributed by atoms with Crippen LogP contribution in [-0.4, -0.2) is 25.4 Å². The van der Waals surface area contributed by atoms with Gasteiger partial charge < -0.3 is 20.7 Å². The number of benzene rings is 3. The van der Waals surface area contributed by atoms with Crippen LogP contribution in [0.1, 0.15) is 21.5 Å². The fourth-order valence-corrected chi connectivity index (χ4v) is 3.41. The lowest BCUT2D eigenvalue weighted by atomic mass is 9.99. The minimum atomic E-state index is -0.472. The lowest BCUT2D eigenvalue weighted by Crippen LogP contribution is -2.10. The quantitative estimate of drug-likeness (QED) is 0.323. The number of methoxy groups -OCH3 is 1. The average molecular weight is 413 g/mol. The molecule has 1 heterocycles. The van der Waals surface area contributed by atoms with Gasteiger partial charge in [0.25, 0.3) is 5.91 Å². The number of rotatable bonds is 6. The largest absolute Gasteiger partial charge is 0.465 e. The molecule has 0 bridgehead atoms. The van der Waals surface area contributed by atoms with E-state index in [-0.39, 0.29) is 5.91 Å². The Morgan fingerprint density at radius 3 is 2.32 bits per heavy atom. The molecular weight excluding hydrogens is 394 g/mol. The summed E-state index contributed by atoms with van der Waals surface area (Å²) >= 11 is 0. The maximum atomic E-state index is 13.0. The zero-order valence-electron chi connectivity index (χ0n) is 16.6. The third kappa shape index (κ3) is 4.02. The van der Waals surface area contributed by atoms with E-state index in [9.17, 15) is 14.4 Å². The minimum absolute atomic E-state index is 0.275.